The highest BCUT2D eigenvalue weighted by Gasteiger charge is 2.43. The monoisotopic (exact) mass is 300 g/mol. The van der Waals surface area contributed by atoms with Gasteiger partial charge >= 0.3 is 0 Å². The molecule has 2 fully saturated rings. The summed E-state index contributed by atoms with van der Waals surface area (Å²) < 4.78 is 26.7. The summed E-state index contributed by atoms with van der Waals surface area (Å²) in [6, 6.07) is 3.40. The average Bonchev–Trinajstić information content (AvgIpc) is 3.01. The molecular weight excluding hydrogens is 284 g/mol. The Morgan fingerprint density at radius 3 is 2.58 bits per heavy atom. The molecule has 0 bridgehead atoms. The van der Waals surface area contributed by atoms with Crippen LogP contribution in [0.15, 0.2) is 21.7 Å². The van der Waals surface area contributed by atoms with E-state index in [1.54, 1.807) is 21.8 Å². The predicted octanol–water partition coefficient (Wildman–Crippen LogP) is 1.04. The van der Waals surface area contributed by atoms with Gasteiger partial charge in [-0.1, -0.05) is 6.07 Å². The van der Waals surface area contributed by atoms with Crippen molar-refractivity contribution in [3.05, 3.63) is 17.5 Å². The first-order valence-corrected chi connectivity index (χ1v) is 8.64. The molecule has 0 unspecified atom stereocenters. The van der Waals surface area contributed by atoms with Crippen LogP contribution in [0.25, 0.3) is 0 Å². The molecule has 104 valence electrons. The van der Waals surface area contributed by atoms with E-state index in [-0.39, 0.29) is 11.3 Å². The summed E-state index contributed by atoms with van der Waals surface area (Å²) in [4.78, 5) is 11.3. The van der Waals surface area contributed by atoms with Crippen LogP contribution in [-0.2, 0) is 14.8 Å². The fraction of sp³-hybridized carbons (Fsp3) is 0.583. The molecular formula is C12H16N2O3S2. The quantitative estimate of drug-likeness (QED) is 0.887. The number of hydrogen-bond acceptors (Lipinski definition) is 4. The van der Waals surface area contributed by atoms with Crippen LogP contribution >= 0.6 is 11.3 Å². The molecule has 2 aliphatic rings. The minimum absolute atomic E-state index is 0.0153. The molecule has 0 atom stereocenters. The third-order valence-corrected chi connectivity index (χ3v) is 7.34. The van der Waals surface area contributed by atoms with Gasteiger partial charge in [-0.25, -0.2) is 8.42 Å². The van der Waals surface area contributed by atoms with Crippen molar-refractivity contribution in [3.8, 4) is 0 Å². The maximum Gasteiger partial charge on any atom is 0.252 e. The van der Waals surface area contributed by atoms with Crippen molar-refractivity contribution >= 4 is 27.3 Å². The van der Waals surface area contributed by atoms with Crippen molar-refractivity contribution < 1.29 is 13.2 Å². The normalized spacial score (nSPS) is 23.7. The Morgan fingerprint density at radius 1 is 1.32 bits per heavy atom. The van der Waals surface area contributed by atoms with Crippen molar-refractivity contribution in [1.82, 2.24) is 9.62 Å². The Bertz CT molecular complexity index is 572. The summed E-state index contributed by atoms with van der Waals surface area (Å²) >= 11 is 1.25. The molecule has 0 saturated carbocycles. The van der Waals surface area contributed by atoms with Gasteiger partial charge in [-0.2, -0.15) is 4.31 Å². The van der Waals surface area contributed by atoms with Crippen molar-refractivity contribution in [2.24, 2.45) is 5.41 Å². The first kappa shape index (κ1) is 13.1. The molecule has 1 aromatic rings. The highest BCUT2D eigenvalue weighted by Crippen LogP contribution is 2.39. The number of thiophene rings is 1. The van der Waals surface area contributed by atoms with Crippen LogP contribution in [-0.4, -0.2) is 38.3 Å². The first-order valence-electron chi connectivity index (χ1n) is 6.32. The summed E-state index contributed by atoms with van der Waals surface area (Å²) in [6.45, 7) is 1.71. The predicted molar refractivity (Wildman–Crippen MR) is 72.4 cm³/mol. The fourth-order valence-electron chi connectivity index (χ4n) is 2.84. The Kier molecular flexibility index (Phi) is 3.15. The standard InChI is InChI=1S/C12H16N2O3S2/c15-10-8-12(9-13-10)3-5-14(6-4-12)19(16,17)11-2-1-7-18-11/h1-2,7H,3-6,8-9H2,(H,13,15). The number of hydrogen-bond donors (Lipinski definition) is 1. The van der Waals surface area contributed by atoms with Gasteiger partial charge in [0, 0.05) is 26.1 Å². The summed E-state index contributed by atoms with van der Waals surface area (Å²) in [6.07, 6.45) is 2.06. The SMILES string of the molecule is O=C1CC2(CCN(S(=O)(=O)c3cccs3)CC2)CN1. The Hall–Kier alpha value is -0.920. The van der Waals surface area contributed by atoms with Gasteiger partial charge < -0.3 is 5.32 Å². The Morgan fingerprint density at radius 2 is 2.05 bits per heavy atom. The van der Waals surface area contributed by atoms with E-state index in [0.717, 1.165) is 12.8 Å². The minimum Gasteiger partial charge on any atom is -0.356 e. The van der Waals surface area contributed by atoms with Gasteiger partial charge in [-0.3, -0.25) is 4.79 Å². The first-order chi connectivity index (χ1) is 9.02. The van der Waals surface area contributed by atoms with E-state index in [1.165, 1.54) is 11.3 Å². The molecule has 2 saturated heterocycles. The molecule has 0 radical (unpaired) electrons. The second-order valence-electron chi connectivity index (χ2n) is 5.29. The van der Waals surface area contributed by atoms with E-state index in [9.17, 15) is 13.2 Å². The second kappa shape index (κ2) is 4.57. The van der Waals surface area contributed by atoms with Gasteiger partial charge in [-0.05, 0) is 29.7 Å². The van der Waals surface area contributed by atoms with Gasteiger partial charge in [-0.15, -0.1) is 11.3 Å². The number of piperidine rings is 1. The van der Waals surface area contributed by atoms with Crippen LogP contribution in [0, 0.1) is 5.41 Å². The van der Waals surface area contributed by atoms with Gasteiger partial charge in [0.25, 0.3) is 10.0 Å². The Labute approximate surface area is 116 Å². The zero-order valence-corrected chi connectivity index (χ0v) is 12.1. The number of carbonyl (C=O) groups is 1. The maximum atomic E-state index is 12.4. The van der Waals surface area contributed by atoms with E-state index in [1.807, 2.05) is 0 Å². The van der Waals surface area contributed by atoms with Gasteiger partial charge in [0.15, 0.2) is 0 Å². The molecule has 1 amide bonds. The van der Waals surface area contributed by atoms with Gasteiger partial charge in [0.2, 0.25) is 5.91 Å². The summed E-state index contributed by atoms with van der Waals surface area (Å²) in [5.74, 6) is 0.0922. The van der Waals surface area contributed by atoms with Crippen molar-refractivity contribution in [3.63, 3.8) is 0 Å². The minimum atomic E-state index is -3.33. The Balaban J connectivity index is 1.72. The number of rotatable bonds is 2. The zero-order chi connectivity index (χ0) is 13.5. The van der Waals surface area contributed by atoms with Crippen LogP contribution in [0.3, 0.4) is 0 Å². The van der Waals surface area contributed by atoms with Crippen molar-refractivity contribution in [2.45, 2.75) is 23.5 Å². The second-order valence-corrected chi connectivity index (χ2v) is 8.40. The van der Waals surface area contributed by atoms with Crippen LogP contribution in [0.2, 0.25) is 0 Å². The fourth-order valence-corrected chi connectivity index (χ4v) is 5.43. The van der Waals surface area contributed by atoms with Gasteiger partial charge in [0.1, 0.15) is 4.21 Å². The van der Waals surface area contributed by atoms with E-state index < -0.39 is 10.0 Å². The largest absolute Gasteiger partial charge is 0.356 e. The van der Waals surface area contributed by atoms with Gasteiger partial charge in [0.05, 0.1) is 0 Å². The molecule has 0 aliphatic carbocycles. The van der Waals surface area contributed by atoms with Crippen molar-refractivity contribution in [1.29, 1.82) is 0 Å². The zero-order valence-electron chi connectivity index (χ0n) is 10.5. The van der Waals surface area contributed by atoms with Crippen LogP contribution in [0.4, 0.5) is 0 Å². The molecule has 7 heteroatoms. The lowest BCUT2D eigenvalue weighted by molar-refractivity contribution is -0.119. The smallest absolute Gasteiger partial charge is 0.252 e. The molecule has 3 heterocycles. The number of nitrogens with one attached hydrogen (secondary N) is 1. The maximum absolute atomic E-state index is 12.4. The molecule has 2 aliphatic heterocycles. The van der Waals surface area contributed by atoms with Crippen LogP contribution in [0.1, 0.15) is 19.3 Å². The number of carbonyl (C=O) groups excluding carboxylic acids is 1. The molecule has 1 N–H and O–H groups in total. The summed E-state index contributed by atoms with van der Waals surface area (Å²) in [5, 5.41) is 4.63. The highest BCUT2D eigenvalue weighted by atomic mass is 32.2. The third kappa shape index (κ3) is 2.30. The van der Waals surface area contributed by atoms with Crippen LogP contribution in [0.5, 0.6) is 0 Å². The van der Waals surface area contributed by atoms with Crippen molar-refractivity contribution in [2.75, 3.05) is 19.6 Å². The molecule has 3 rings (SSSR count). The number of sulfonamides is 1. The molecule has 19 heavy (non-hydrogen) atoms. The third-order valence-electron chi connectivity index (χ3n) is 4.07. The molecule has 1 spiro atoms. The number of nitrogens with zero attached hydrogens (tertiary/aromatic N) is 1. The summed E-state index contributed by atoms with van der Waals surface area (Å²) in [5.41, 5.74) is -0.0153. The summed E-state index contributed by atoms with van der Waals surface area (Å²) in [7, 11) is -3.33. The van der Waals surface area contributed by atoms with Crippen LogP contribution < -0.4 is 5.32 Å². The highest BCUT2D eigenvalue weighted by molar-refractivity contribution is 7.91. The molecule has 0 aromatic carbocycles. The van der Waals surface area contributed by atoms with E-state index >= 15 is 0 Å². The average molecular weight is 300 g/mol. The van der Waals surface area contributed by atoms with E-state index in [0.29, 0.717) is 30.3 Å². The topological polar surface area (TPSA) is 66.5 Å². The van der Waals surface area contributed by atoms with E-state index in [4.69, 9.17) is 0 Å². The molecule has 5 nitrogen and oxygen atoms in total. The number of amides is 1. The lowest BCUT2D eigenvalue weighted by atomic mass is 9.78. The lowest BCUT2D eigenvalue weighted by Gasteiger charge is -2.37. The molecule has 1 aromatic heterocycles. The van der Waals surface area contributed by atoms with E-state index in [2.05, 4.69) is 5.32 Å². The lowest BCUT2D eigenvalue weighted by Crippen LogP contribution is -2.43.